The lowest BCUT2D eigenvalue weighted by atomic mass is 10.0. The van der Waals surface area contributed by atoms with Gasteiger partial charge in [0.05, 0.1) is 6.07 Å². The minimum absolute atomic E-state index is 0.206. The second-order valence-electron chi connectivity index (χ2n) is 10.8. The highest BCUT2D eigenvalue weighted by Gasteiger charge is 2.50. The van der Waals surface area contributed by atoms with E-state index in [1.807, 2.05) is 36.4 Å². The average molecular weight is 529 g/mol. The van der Waals surface area contributed by atoms with E-state index in [0.717, 1.165) is 55.0 Å². The number of aromatic nitrogens is 2. The van der Waals surface area contributed by atoms with Crippen molar-refractivity contribution in [2.45, 2.75) is 32.2 Å². The number of anilines is 1. The predicted molar refractivity (Wildman–Crippen MR) is 150 cm³/mol. The first-order valence-corrected chi connectivity index (χ1v) is 13.5. The summed E-state index contributed by atoms with van der Waals surface area (Å²) in [7, 11) is 4.20. The summed E-state index contributed by atoms with van der Waals surface area (Å²) in [6.45, 7) is 3.11. The highest BCUT2D eigenvalue weighted by atomic mass is 35.5. The molecule has 3 aromatic rings. The lowest BCUT2D eigenvalue weighted by Gasteiger charge is -2.23. The Kier molecular flexibility index (Phi) is 7.64. The van der Waals surface area contributed by atoms with Crippen molar-refractivity contribution in [1.82, 2.24) is 20.2 Å². The molecule has 1 saturated heterocycles. The monoisotopic (exact) mass is 528 g/mol. The molecule has 0 spiro atoms. The van der Waals surface area contributed by atoms with Gasteiger partial charge in [-0.15, -0.1) is 0 Å². The number of halogens is 1. The fraction of sp³-hybridized carbons (Fsp3) is 0.400. The van der Waals surface area contributed by atoms with Crippen molar-refractivity contribution in [2.75, 3.05) is 38.6 Å². The Balaban J connectivity index is 1.40. The molecule has 7 nitrogen and oxygen atoms in total. The molecule has 196 valence electrons. The maximum atomic E-state index is 12.6. The van der Waals surface area contributed by atoms with Gasteiger partial charge >= 0.3 is 0 Å². The average Bonchev–Trinajstić information content (AvgIpc) is 3.60. The minimum Gasteiger partial charge on any atom is -0.356 e. The lowest BCUT2D eigenvalue weighted by molar-refractivity contribution is -0.124. The van der Waals surface area contributed by atoms with Crippen molar-refractivity contribution in [1.29, 1.82) is 5.26 Å². The van der Waals surface area contributed by atoms with Crippen LogP contribution in [0.5, 0.6) is 0 Å². The van der Waals surface area contributed by atoms with Crippen LogP contribution in [0.2, 0.25) is 5.02 Å². The van der Waals surface area contributed by atoms with Gasteiger partial charge in [-0.2, -0.15) is 5.26 Å². The SMILES string of the molecule is CN(C)CC1CCN(c2nc(-c3ccc(Cc4ccccc4)c(Cl)c3)ncc2CNC(=O)C2(C#N)CC2)C1. The van der Waals surface area contributed by atoms with Crippen LogP contribution >= 0.6 is 11.6 Å². The molecular weight excluding hydrogens is 496 g/mol. The van der Waals surface area contributed by atoms with Crippen molar-refractivity contribution in [3.8, 4) is 17.5 Å². The van der Waals surface area contributed by atoms with Gasteiger partial charge in [0.15, 0.2) is 5.82 Å². The lowest BCUT2D eigenvalue weighted by Crippen LogP contribution is -2.32. The molecular formula is C30H33ClN6O. The number of benzene rings is 2. The first-order chi connectivity index (χ1) is 18.4. The highest BCUT2D eigenvalue weighted by molar-refractivity contribution is 6.31. The van der Waals surface area contributed by atoms with E-state index in [1.165, 1.54) is 5.56 Å². The number of rotatable bonds is 9. The van der Waals surface area contributed by atoms with Crippen LogP contribution < -0.4 is 10.2 Å². The second kappa shape index (κ2) is 11.1. The van der Waals surface area contributed by atoms with Crippen molar-refractivity contribution in [3.05, 3.63) is 76.4 Å². The molecule has 8 heteroatoms. The molecule has 1 saturated carbocycles. The van der Waals surface area contributed by atoms with E-state index in [4.69, 9.17) is 16.6 Å². The first-order valence-electron chi connectivity index (χ1n) is 13.1. The van der Waals surface area contributed by atoms with Crippen molar-refractivity contribution < 1.29 is 4.79 Å². The van der Waals surface area contributed by atoms with Crippen molar-refractivity contribution >= 4 is 23.3 Å². The number of carbonyl (C=O) groups excluding carboxylic acids is 1. The number of hydrogen-bond donors (Lipinski definition) is 1. The molecule has 2 fully saturated rings. The van der Waals surface area contributed by atoms with Crippen LogP contribution in [0.4, 0.5) is 5.82 Å². The zero-order chi connectivity index (χ0) is 26.7. The second-order valence-corrected chi connectivity index (χ2v) is 11.2. The number of carbonyl (C=O) groups is 1. The molecule has 1 aliphatic carbocycles. The standard InChI is InChI=1S/C30H33ClN6O/c1-36(2)18-22-10-13-37(19-22)28-25(17-34-29(38)30(20-32)11-12-30)16-33-27(35-28)24-9-8-23(26(31)15-24)14-21-6-4-3-5-7-21/h3-9,15-16,22H,10-14,17-19H2,1-2H3,(H,34,38). The van der Waals surface area contributed by atoms with Crippen LogP contribution in [0.25, 0.3) is 11.4 Å². The third kappa shape index (κ3) is 5.82. The molecule has 0 radical (unpaired) electrons. The van der Waals surface area contributed by atoms with Crippen molar-refractivity contribution in [2.24, 2.45) is 11.3 Å². The van der Waals surface area contributed by atoms with Gasteiger partial charge in [-0.05, 0) is 62.9 Å². The van der Waals surface area contributed by atoms with Gasteiger partial charge in [-0.3, -0.25) is 4.79 Å². The zero-order valence-electron chi connectivity index (χ0n) is 22.0. The molecule has 1 unspecified atom stereocenters. The first kappa shape index (κ1) is 26.1. The Labute approximate surface area is 229 Å². The van der Waals surface area contributed by atoms with Gasteiger partial charge in [0.1, 0.15) is 11.2 Å². The summed E-state index contributed by atoms with van der Waals surface area (Å²) < 4.78 is 0. The van der Waals surface area contributed by atoms with E-state index in [-0.39, 0.29) is 5.91 Å². The van der Waals surface area contributed by atoms with E-state index in [9.17, 15) is 10.1 Å². The summed E-state index contributed by atoms with van der Waals surface area (Å²) in [6.07, 6.45) is 4.89. The van der Waals surface area contributed by atoms with Crippen LogP contribution in [-0.4, -0.2) is 54.5 Å². The normalized spacial score (nSPS) is 17.9. The third-order valence-electron chi connectivity index (χ3n) is 7.44. The molecule has 2 heterocycles. The Morgan fingerprint density at radius 3 is 2.68 bits per heavy atom. The van der Waals surface area contributed by atoms with Gasteiger partial charge in [0.2, 0.25) is 5.91 Å². The van der Waals surface area contributed by atoms with Gasteiger partial charge in [0, 0.05) is 48.5 Å². The smallest absolute Gasteiger partial charge is 0.240 e. The maximum Gasteiger partial charge on any atom is 0.240 e. The number of hydrogen-bond acceptors (Lipinski definition) is 6. The molecule has 5 rings (SSSR count). The van der Waals surface area contributed by atoms with Crippen LogP contribution in [0.15, 0.2) is 54.7 Å². The quantitative estimate of drug-likeness (QED) is 0.433. The van der Waals surface area contributed by atoms with Crippen LogP contribution in [0, 0.1) is 22.7 Å². The van der Waals surface area contributed by atoms with Gasteiger partial charge < -0.3 is 15.1 Å². The molecule has 38 heavy (non-hydrogen) atoms. The summed E-state index contributed by atoms with van der Waals surface area (Å²) >= 11 is 6.70. The summed E-state index contributed by atoms with van der Waals surface area (Å²) in [6, 6.07) is 18.4. The Morgan fingerprint density at radius 2 is 2.00 bits per heavy atom. The predicted octanol–water partition coefficient (Wildman–Crippen LogP) is 4.70. The van der Waals surface area contributed by atoms with Crippen LogP contribution in [0.1, 0.15) is 36.0 Å². The molecule has 2 aliphatic rings. The molecule has 2 aromatic carbocycles. The largest absolute Gasteiger partial charge is 0.356 e. The van der Waals surface area contributed by atoms with Gasteiger partial charge in [-0.1, -0.05) is 54.1 Å². The molecule has 1 amide bonds. The van der Waals surface area contributed by atoms with Gasteiger partial charge in [0.25, 0.3) is 0 Å². The van der Waals surface area contributed by atoms with Gasteiger partial charge in [-0.25, -0.2) is 9.97 Å². The Hall–Kier alpha value is -3.47. The van der Waals surface area contributed by atoms with Crippen LogP contribution in [0.3, 0.4) is 0 Å². The summed E-state index contributed by atoms with van der Waals surface area (Å²) in [5.74, 6) is 1.78. The summed E-state index contributed by atoms with van der Waals surface area (Å²) in [5.41, 5.74) is 3.11. The van der Waals surface area contributed by atoms with E-state index < -0.39 is 5.41 Å². The van der Waals surface area contributed by atoms with Crippen molar-refractivity contribution in [3.63, 3.8) is 0 Å². The topological polar surface area (TPSA) is 85.2 Å². The molecule has 1 aliphatic heterocycles. The van der Waals surface area contributed by atoms with E-state index >= 15 is 0 Å². The molecule has 0 bridgehead atoms. The summed E-state index contributed by atoms with van der Waals surface area (Å²) in [4.78, 5) is 26.8. The Morgan fingerprint density at radius 1 is 1.21 bits per heavy atom. The molecule has 1 aromatic heterocycles. The number of nitrogens with one attached hydrogen (secondary N) is 1. The molecule has 1 atom stereocenters. The number of nitrogens with zero attached hydrogens (tertiary/aromatic N) is 5. The fourth-order valence-electron chi connectivity index (χ4n) is 5.13. The number of nitriles is 1. The van der Waals surface area contributed by atoms with Crippen LogP contribution in [-0.2, 0) is 17.8 Å². The number of amides is 1. The highest BCUT2D eigenvalue weighted by Crippen LogP contribution is 2.45. The minimum atomic E-state index is -0.857. The van der Waals surface area contributed by atoms with E-state index in [2.05, 4.69) is 52.4 Å². The van der Waals surface area contributed by atoms with E-state index in [0.29, 0.717) is 36.2 Å². The molecule has 1 N–H and O–H groups in total. The zero-order valence-corrected chi connectivity index (χ0v) is 22.7. The Bertz CT molecular complexity index is 1350. The maximum absolute atomic E-state index is 12.6. The fourth-order valence-corrected chi connectivity index (χ4v) is 5.38. The third-order valence-corrected chi connectivity index (χ3v) is 7.79. The van der Waals surface area contributed by atoms with E-state index in [1.54, 1.807) is 6.20 Å². The summed E-state index contributed by atoms with van der Waals surface area (Å²) in [5, 5.41) is 13.0.